The van der Waals surface area contributed by atoms with Gasteiger partial charge in [-0.25, -0.2) is 4.98 Å². The molecule has 2 heterocycles. The van der Waals surface area contributed by atoms with Gasteiger partial charge in [-0.15, -0.1) is 0 Å². The van der Waals surface area contributed by atoms with Crippen LogP contribution in [0.1, 0.15) is 6.42 Å². The first-order valence-electron chi connectivity index (χ1n) is 4.74. The van der Waals surface area contributed by atoms with Crippen molar-refractivity contribution in [1.82, 2.24) is 9.97 Å². The van der Waals surface area contributed by atoms with Gasteiger partial charge in [0.2, 0.25) is 0 Å². The van der Waals surface area contributed by atoms with Crippen LogP contribution < -0.4 is 10.5 Å². The van der Waals surface area contributed by atoms with Crippen LogP contribution in [0.15, 0.2) is 15.6 Å². The molecule has 1 fully saturated rings. The molecule has 1 aromatic rings. The zero-order valence-corrected chi connectivity index (χ0v) is 9.95. The van der Waals surface area contributed by atoms with E-state index in [9.17, 15) is 4.79 Å². The maximum atomic E-state index is 11.4. The van der Waals surface area contributed by atoms with E-state index in [1.807, 2.05) is 11.9 Å². The Morgan fingerprint density at radius 1 is 1.73 bits per heavy atom. The summed E-state index contributed by atoms with van der Waals surface area (Å²) in [5.74, 6) is 0.661. The maximum Gasteiger partial charge on any atom is 0.267 e. The number of aromatic nitrogens is 2. The number of nitrogens with one attached hydrogen (secondary N) is 1. The van der Waals surface area contributed by atoms with Gasteiger partial charge in [0.1, 0.15) is 10.3 Å². The Morgan fingerprint density at radius 2 is 2.53 bits per heavy atom. The van der Waals surface area contributed by atoms with Crippen molar-refractivity contribution in [3.05, 3.63) is 21.2 Å². The van der Waals surface area contributed by atoms with Gasteiger partial charge in [0.25, 0.3) is 5.56 Å². The largest absolute Gasteiger partial charge is 0.379 e. The second-order valence-corrected chi connectivity index (χ2v) is 4.29. The van der Waals surface area contributed by atoms with Crippen LogP contribution in [0.2, 0.25) is 0 Å². The van der Waals surface area contributed by atoms with Gasteiger partial charge >= 0.3 is 0 Å². The predicted molar refractivity (Wildman–Crippen MR) is 60.2 cm³/mol. The average molecular weight is 274 g/mol. The summed E-state index contributed by atoms with van der Waals surface area (Å²) in [5.41, 5.74) is -0.161. The number of H-pyrrole nitrogens is 1. The lowest BCUT2D eigenvalue weighted by Crippen LogP contribution is -2.33. The third kappa shape index (κ3) is 2.05. The molecule has 5 nitrogen and oxygen atoms in total. The summed E-state index contributed by atoms with van der Waals surface area (Å²) in [4.78, 5) is 20.0. The first kappa shape index (κ1) is 10.6. The van der Waals surface area contributed by atoms with Crippen molar-refractivity contribution in [2.75, 3.05) is 25.2 Å². The van der Waals surface area contributed by atoms with Crippen molar-refractivity contribution < 1.29 is 4.74 Å². The zero-order chi connectivity index (χ0) is 10.8. The molecule has 1 aliphatic heterocycles. The minimum atomic E-state index is -0.161. The second-order valence-electron chi connectivity index (χ2n) is 3.50. The van der Waals surface area contributed by atoms with Gasteiger partial charge in [0.05, 0.1) is 19.0 Å². The SMILES string of the molecule is CN(c1nc[nH]c(=O)c1Br)C1CCOC1. The molecule has 1 N–H and O–H groups in total. The fraction of sp³-hybridized carbons (Fsp3) is 0.556. The molecule has 6 heteroatoms. The van der Waals surface area contributed by atoms with Crippen molar-refractivity contribution >= 4 is 21.7 Å². The summed E-state index contributed by atoms with van der Waals surface area (Å²) < 4.78 is 5.77. The number of rotatable bonds is 2. The van der Waals surface area contributed by atoms with E-state index in [-0.39, 0.29) is 5.56 Å². The Balaban J connectivity index is 2.28. The van der Waals surface area contributed by atoms with Crippen LogP contribution in [0.5, 0.6) is 0 Å². The number of nitrogens with zero attached hydrogens (tertiary/aromatic N) is 2. The van der Waals surface area contributed by atoms with E-state index in [4.69, 9.17) is 4.74 Å². The Hall–Kier alpha value is -0.880. The van der Waals surface area contributed by atoms with E-state index in [1.165, 1.54) is 6.33 Å². The number of halogens is 1. The molecule has 1 aromatic heterocycles. The highest BCUT2D eigenvalue weighted by atomic mass is 79.9. The first-order chi connectivity index (χ1) is 7.20. The average Bonchev–Trinajstić information content (AvgIpc) is 2.74. The third-order valence-electron chi connectivity index (χ3n) is 2.57. The number of likely N-dealkylation sites (N-methyl/N-ethyl adjacent to an activating group) is 1. The van der Waals surface area contributed by atoms with E-state index in [0.717, 1.165) is 13.0 Å². The molecule has 1 aliphatic rings. The van der Waals surface area contributed by atoms with Crippen molar-refractivity contribution in [2.24, 2.45) is 0 Å². The number of hydrogen-bond acceptors (Lipinski definition) is 4. The maximum absolute atomic E-state index is 11.4. The molecule has 1 unspecified atom stereocenters. The Morgan fingerprint density at radius 3 is 3.20 bits per heavy atom. The molecule has 82 valence electrons. The lowest BCUT2D eigenvalue weighted by molar-refractivity contribution is 0.193. The molecule has 1 atom stereocenters. The van der Waals surface area contributed by atoms with Crippen molar-refractivity contribution in [2.45, 2.75) is 12.5 Å². The zero-order valence-electron chi connectivity index (χ0n) is 8.36. The summed E-state index contributed by atoms with van der Waals surface area (Å²) in [7, 11) is 1.92. The monoisotopic (exact) mass is 273 g/mol. The summed E-state index contributed by atoms with van der Waals surface area (Å²) in [6.45, 7) is 1.47. The number of ether oxygens (including phenoxy) is 1. The topological polar surface area (TPSA) is 58.2 Å². The highest BCUT2D eigenvalue weighted by Gasteiger charge is 2.23. The minimum absolute atomic E-state index is 0.161. The Bertz CT molecular complexity index is 401. The van der Waals surface area contributed by atoms with E-state index in [2.05, 4.69) is 25.9 Å². The van der Waals surface area contributed by atoms with Crippen molar-refractivity contribution in [1.29, 1.82) is 0 Å². The fourth-order valence-corrected chi connectivity index (χ4v) is 2.12. The Kier molecular flexibility index (Phi) is 3.06. The van der Waals surface area contributed by atoms with Crippen LogP contribution in [0, 0.1) is 0 Å². The van der Waals surface area contributed by atoms with Crippen LogP contribution in [-0.4, -0.2) is 36.3 Å². The van der Waals surface area contributed by atoms with E-state index >= 15 is 0 Å². The van der Waals surface area contributed by atoms with Crippen LogP contribution in [0.3, 0.4) is 0 Å². The third-order valence-corrected chi connectivity index (χ3v) is 3.28. The van der Waals surface area contributed by atoms with Gasteiger partial charge in [0, 0.05) is 13.7 Å². The predicted octanol–water partition coefficient (Wildman–Crippen LogP) is 0.758. The smallest absolute Gasteiger partial charge is 0.267 e. The number of hydrogen-bond donors (Lipinski definition) is 1. The molecular weight excluding hydrogens is 262 g/mol. The second kappa shape index (κ2) is 4.32. The highest BCUT2D eigenvalue weighted by molar-refractivity contribution is 9.10. The first-order valence-corrected chi connectivity index (χ1v) is 5.53. The number of anilines is 1. The van der Waals surface area contributed by atoms with Crippen LogP contribution in [0.4, 0.5) is 5.82 Å². The minimum Gasteiger partial charge on any atom is -0.379 e. The van der Waals surface area contributed by atoms with Gasteiger partial charge in [-0.05, 0) is 22.4 Å². The standard InChI is InChI=1S/C9H12BrN3O2/c1-13(6-2-3-15-4-6)8-7(10)9(14)12-5-11-8/h5-6H,2-4H2,1H3,(H,11,12,14). The highest BCUT2D eigenvalue weighted by Crippen LogP contribution is 2.22. The summed E-state index contributed by atoms with van der Waals surface area (Å²) >= 11 is 3.24. The Labute approximate surface area is 95.6 Å². The molecule has 0 saturated carbocycles. The lowest BCUT2D eigenvalue weighted by Gasteiger charge is -2.24. The molecule has 0 bridgehead atoms. The fourth-order valence-electron chi connectivity index (χ4n) is 1.62. The van der Waals surface area contributed by atoms with Crippen LogP contribution in [0.25, 0.3) is 0 Å². The summed E-state index contributed by atoms with van der Waals surface area (Å²) in [6.07, 6.45) is 2.38. The van der Waals surface area contributed by atoms with Gasteiger partial charge in [-0.2, -0.15) is 0 Å². The molecule has 1 saturated heterocycles. The quantitative estimate of drug-likeness (QED) is 0.865. The van der Waals surface area contributed by atoms with Gasteiger partial charge in [-0.3, -0.25) is 4.79 Å². The van der Waals surface area contributed by atoms with Crippen LogP contribution >= 0.6 is 15.9 Å². The molecular formula is C9H12BrN3O2. The van der Waals surface area contributed by atoms with Crippen molar-refractivity contribution in [3.8, 4) is 0 Å². The molecule has 0 amide bonds. The van der Waals surface area contributed by atoms with E-state index in [1.54, 1.807) is 0 Å². The van der Waals surface area contributed by atoms with Crippen LogP contribution in [-0.2, 0) is 4.74 Å². The number of aromatic amines is 1. The summed E-state index contributed by atoms with van der Waals surface area (Å²) in [6, 6.07) is 0.301. The molecule has 0 radical (unpaired) electrons. The van der Waals surface area contributed by atoms with Gasteiger partial charge in [0.15, 0.2) is 0 Å². The molecule has 15 heavy (non-hydrogen) atoms. The summed E-state index contributed by atoms with van der Waals surface area (Å²) in [5, 5.41) is 0. The molecule has 0 aliphatic carbocycles. The molecule has 0 aromatic carbocycles. The van der Waals surface area contributed by atoms with Crippen molar-refractivity contribution in [3.63, 3.8) is 0 Å². The van der Waals surface area contributed by atoms with E-state index in [0.29, 0.717) is 22.9 Å². The van der Waals surface area contributed by atoms with Gasteiger partial charge < -0.3 is 14.6 Å². The van der Waals surface area contributed by atoms with E-state index < -0.39 is 0 Å². The molecule has 2 rings (SSSR count). The van der Waals surface area contributed by atoms with Gasteiger partial charge in [-0.1, -0.05) is 0 Å². The lowest BCUT2D eigenvalue weighted by atomic mass is 10.2. The molecule has 0 spiro atoms. The normalized spacial score (nSPS) is 20.5.